The van der Waals surface area contributed by atoms with Gasteiger partial charge in [0.1, 0.15) is 17.5 Å². The standard InChI is InChI=1S/C26H25N3O5S/c1-16(26(32)29-25-21(14-27)22(15-28-25)19-7-5-4-6-8-19)35-20-10-17(12-23(30)33-2)9-18(11-20)13-24(31)34-3/h4-11,15-16,28H,12-13H2,1-3H3,(H,29,32). The zero-order valence-corrected chi connectivity index (χ0v) is 20.4. The van der Waals surface area contributed by atoms with Gasteiger partial charge in [-0.15, -0.1) is 11.8 Å². The maximum atomic E-state index is 12.9. The number of hydrogen-bond acceptors (Lipinski definition) is 7. The number of rotatable bonds is 9. The highest BCUT2D eigenvalue weighted by molar-refractivity contribution is 8.00. The monoisotopic (exact) mass is 491 g/mol. The van der Waals surface area contributed by atoms with E-state index in [1.54, 1.807) is 31.3 Å². The minimum atomic E-state index is -0.538. The van der Waals surface area contributed by atoms with Gasteiger partial charge >= 0.3 is 11.9 Å². The van der Waals surface area contributed by atoms with E-state index < -0.39 is 17.2 Å². The Balaban J connectivity index is 1.78. The van der Waals surface area contributed by atoms with Crippen molar-refractivity contribution in [3.8, 4) is 17.2 Å². The van der Waals surface area contributed by atoms with Gasteiger partial charge in [0, 0.05) is 16.7 Å². The van der Waals surface area contributed by atoms with Gasteiger partial charge < -0.3 is 19.8 Å². The number of benzene rings is 2. The molecular formula is C26H25N3O5S. The lowest BCUT2D eigenvalue weighted by Gasteiger charge is -2.14. The lowest BCUT2D eigenvalue weighted by molar-refractivity contribution is -0.140. The van der Waals surface area contributed by atoms with E-state index in [9.17, 15) is 19.6 Å². The normalized spacial score (nSPS) is 11.3. The Morgan fingerprint density at radius 2 is 1.63 bits per heavy atom. The predicted molar refractivity (Wildman–Crippen MR) is 133 cm³/mol. The van der Waals surface area contributed by atoms with Crippen molar-refractivity contribution in [2.45, 2.75) is 29.9 Å². The van der Waals surface area contributed by atoms with Crippen molar-refractivity contribution in [1.82, 2.24) is 4.98 Å². The van der Waals surface area contributed by atoms with Gasteiger partial charge in [-0.2, -0.15) is 5.26 Å². The molecule has 0 spiro atoms. The number of carbonyl (C=O) groups excluding carboxylic acids is 3. The van der Waals surface area contributed by atoms with E-state index in [0.717, 1.165) is 5.56 Å². The van der Waals surface area contributed by atoms with Crippen molar-refractivity contribution in [1.29, 1.82) is 5.26 Å². The maximum absolute atomic E-state index is 12.9. The molecule has 2 aromatic carbocycles. The van der Waals surface area contributed by atoms with Gasteiger partial charge in [-0.25, -0.2) is 0 Å². The number of ether oxygens (including phenoxy) is 2. The summed E-state index contributed by atoms with van der Waals surface area (Å²) in [5.41, 5.74) is 3.24. The lowest BCUT2D eigenvalue weighted by Crippen LogP contribution is -2.23. The third-order valence-corrected chi connectivity index (χ3v) is 6.26. The van der Waals surface area contributed by atoms with Crippen LogP contribution in [0, 0.1) is 11.3 Å². The minimum absolute atomic E-state index is 0.0376. The Hall–Kier alpha value is -4.03. The Morgan fingerprint density at radius 3 is 2.17 bits per heavy atom. The molecule has 9 heteroatoms. The van der Waals surface area contributed by atoms with Gasteiger partial charge in [-0.05, 0) is 35.7 Å². The summed E-state index contributed by atoms with van der Waals surface area (Å²) in [6.45, 7) is 1.74. The van der Waals surface area contributed by atoms with E-state index in [-0.39, 0.29) is 18.7 Å². The van der Waals surface area contributed by atoms with E-state index >= 15 is 0 Å². The fourth-order valence-corrected chi connectivity index (χ4v) is 4.46. The molecule has 35 heavy (non-hydrogen) atoms. The average molecular weight is 492 g/mol. The Kier molecular flexibility index (Phi) is 8.70. The Morgan fingerprint density at radius 1 is 1.03 bits per heavy atom. The molecule has 3 aromatic rings. The number of H-pyrrole nitrogens is 1. The number of aromatic amines is 1. The zero-order chi connectivity index (χ0) is 25.4. The Labute approximate surface area is 207 Å². The molecule has 1 amide bonds. The molecule has 1 aromatic heterocycles. The van der Waals surface area contributed by atoms with Crippen LogP contribution in [0.4, 0.5) is 5.82 Å². The van der Waals surface area contributed by atoms with Crippen LogP contribution in [0.3, 0.4) is 0 Å². The average Bonchev–Trinajstić information content (AvgIpc) is 3.26. The van der Waals surface area contributed by atoms with E-state index in [1.807, 2.05) is 30.3 Å². The number of thioether (sulfide) groups is 1. The summed E-state index contributed by atoms with van der Waals surface area (Å²) in [4.78, 5) is 40.2. The number of nitrogens with zero attached hydrogens (tertiary/aromatic N) is 1. The zero-order valence-electron chi connectivity index (χ0n) is 19.6. The molecule has 0 radical (unpaired) electrons. The molecule has 0 aliphatic rings. The van der Waals surface area contributed by atoms with Crippen LogP contribution in [-0.2, 0) is 36.7 Å². The van der Waals surface area contributed by atoms with E-state index in [0.29, 0.717) is 33.0 Å². The molecule has 0 aliphatic carbocycles. The summed E-state index contributed by atoms with van der Waals surface area (Å²) in [7, 11) is 2.62. The maximum Gasteiger partial charge on any atom is 0.309 e. The lowest BCUT2D eigenvalue weighted by atomic mass is 10.1. The van der Waals surface area contributed by atoms with Crippen LogP contribution in [0.5, 0.6) is 0 Å². The second-order valence-electron chi connectivity index (χ2n) is 7.67. The van der Waals surface area contributed by atoms with Crippen molar-refractivity contribution >= 4 is 35.4 Å². The molecular weight excluding hydrogens is 466 g/mol. The van der Waals surface area contributed by atoms with Crippen molar-refractivity contribution in [2.75, 3.05) is 19.5 Å². The third kappa shape index (κ3) is 6.74. The van der Waals surface area contributed by atoms with Crippen molar-refractivity contribution < 1.29 is 23.9 Å². The SMILES string of the molecule is COC(=O)Cc1cc(CC(=O)OC)cc(SC(C)C(=O)Nc2[nH]cc(-c3ccccc3)c2C#N)c1. The van der Waals surface area contributed by atoms with Crippen LogP contribution < -0.4 is 5.32 Å². The summed E-state index contributed by atoms with van der Waals surface area (Å²) in [6, 6.07) is 16.9. The first-order chi connectivity index (χ1) is 16.8. The molecule has 180 valence electrons. The van der Waals surface area contributed by atoms with Gasteiger partial charge in [-0.3, -0.25) is 14.4 Å². The minimum Gasteiger partial charge on any atom is -0.469 e. The van der Waals surface area contributed by atoms with Gasteiger partial charge in [0.2, 0.25) is 5.91 Å². The van der Waals surface area contributed by atoms with E-state index in [2.05, 4.69) is 16.4 Å². The fraction of sp³-hybridized carbons (Fsp3) is 0.231. The third-order valence-electron chi connectivity index (χ3n) is 5.19. The van der Waals surface area contributed by atoms with Gasteiger partial charge in [0.15, 0.2) is 0 Å². The first kappa shape index (κ1) is 25.6. The van der Waals surface area contributed by atoms with Gasteiger partial charge in [0.05, 0.1) is 32.3 Å². The van der Waals surface area contributed by atoms with Gasteiger partial charge in [0.25, 0.3) is 0 Å². The second kappa shape index (κ2) is 11.9. The van der Waals surface area contributed by atoms with Crippen LogP contribution >= 0.6 is 11.8 Å². The highest BCUT2D eigenvalue weighted by Crippen LogP contribution is 2.30. The molecule has 1 atom stereocenters. The molecule has 1 heterocycles. The summed E-state index contributed by atoms with van der Waals surface area (Å²) >= 11 is 1.27. The van der Waals surface area contributed by atoms with Crippen LogP contribution in [0.2, 0.25) is 0 Å². The highest BCUT2D eigenvalue weighted by Gasteiger charge is 2.20. The number of amides is 1. The van der Waals surface area contributed by atoms with Crippen molar-refractivity contribution in [3.63, 3.8) is 0 Å². The van der Waals surface area contributed by atoms with Crippen LogP contribution in [0.25, 0.3) is 11.1 Å². The molecule has 0 saturated heterocycles. The van der Waals surface area contributed by atoms with Crippen molar-refractivity contribution in [2.24, 2.45) is 0 Å². The number of esters is 2. The summed E-state index contributed by atoms with van der Waals surface area (Å²) < 4.78 is 9.49. The number of carbonyl (C=O) groups is 3. The topological polar surface area (TPSA) is 121 Å². The first-order valence-corrected chi connectivity index (χ1v) is 11.6. The smallest absolute Gasteiger partial charge is 0.309 e. The molecule has 3 rings (SSSR count). The summed E-state index contributed by atoms with van der Waals surface area (Å²) in [5, 5.41) is 11.9. The predicted octanol–water partition coefficient (Wildman–Crippen LogP) is 4.10. The fourth-order valence-electron chi connectivity index (χ4n) is 3.44. The number of anilines is 1. The highest BCUT2D eigenvalue weighted by atomic mass is 32.2. The van der Waals surface area contributed by atoms with Crippen LogP contribution in [-0.4, -0.2) is 42.3 Å². The molecule has 0 bridgehead atoms. The van der Waals surface area contributed by atoms with E-state index in [1.165, 1.54) is 26.0 Å². The van der Waals surface area contributed by atoms with Crippen molar-refractivity contribution in [3.05, 3.63) is 71.4 Å². The first-order valence-electron chi connectivity index (χ1n) is 10.8. The molecule has 8 nitrogen and oxygen atoms in total. The second-order valence-corrected chi connectivity index (χ2v) is 9.08. The summed E-state index contributed by atoms with van der Waals surface area (Å²) in [5.74, 6) is -0.797. The van der Waals surface area contributed by atoms with Crippen LogP contribution in [0.1, 0.15) is 23.6 Å². The quantitative estimate of drug-likeness (QED) is 0.341. The van der Waals surface area contributed by atoms with Crippen LogP contribution in [0.15, 0.2) is 59.6 Å². The number of hydrogen-bond donors (Lipinski definition) is 2. The molecule has 0 saturated carbocycles. The number of methoxy groups -OCH3 is 2. The molecule has 0 aliphatic heterocycles. The summed E-state index contributed by atoms with van der Waals surface area (Å²) in [6.07, 6.45) is 1.77. The molecule has 0 fully saturated rings. The molecule has 1 unspecified atom stereocenters. The van der Waals surface area contributed by atoms with E-state index in [4.69, 9.17) is 9.47 Å². The largest absolute Gasteiger partial charge is 0.469 e. The number of nitrogens with one attached hydrogen (secondary N) is 2. The van der Waals surface area contributed by atoms with Gasteiger partial charge in [-0.1, -0.05) is 36.4 Å². The Bertz CT molecular complexity index is 1230. The molecule has 2 N–H and O–H groups in total. The number of nitriles is 1. The number of aromatic nitrogens is 1.